The molecule has 9 heterocycles. The predicted octanol–water partition coefficient (Wildman–Crippen LogP) is 3.39. The highest BCUT2D eigenvalue weighted by Crippen LogP contribution is 2.39. The number of benzene rings is 2. The molecule has 2 aromatic carbocycles. The van der Waals surface area contributed by atoms with E-state index in [2.05, 4.69) is 45.2 Å². The van der Waals surface area contributed by atoms with Gasteiger partial charge in [0.25, 0.3) is 23.6 Å². The lowest BCUT2D eigenvalue weighted by molar-refractivity contribution is -0.136. The van der Waals surface area contributed by atoms with Gasteiger partial charge in [-0.05, 0) is 112 Å². The fraction of sp³-hybridized carbons (Fsp3) is 0.489. The van der Waals surface area contributed by atoms with E-state index in [0.717, 1.165) is 112 Å². The van der Waals surface area contributed by atoms with E-state index >= 15 is 0 Å². The molecule has 332 valence electrons. The van der Waals surface area contributed by atoms with Crippen LogP contribution in [-0.2, 0) is 16.1 Å². The summed E-state index contributed by atoms with van der Waals surface area (Å²) in [5.74, 6) is -1.67. The number of hydrogen-bond donors (Lipinski definition) is 2. The summed E-state index contributed by atoms with van der Waals surface area (Å²) in [6.07, 6.45) is 12.4. The highest BCUT2D eigenvalue weighted by atomic mass is 16.2. The SMILES string of the molecule is O=C1CCC(N2C(=O)c3ccc(N4CCC(CN5CCC(N6Cc7cc(NC(=O)c8cnn9cccnc89)c(N8CCC(N9CCC9)CC8)cc7C6=O)CC5)CC4)cc3C2=O)C(=O)N1. The molecular weight excluding hydrogens is 815 g/mol. The van der Waals surface area contributed by atoms with Gasteiger partial charge in [-0.3, -0.25) is 39.0 Å². The number of imide groups is 2. The smallest absolute Gasteiger partial charge is 0.262 e. The van der Waals surface area contributed by atoms with Crippen molar-refractivity contribution in [2.45, 2.75) is 82.5 Å². The van der Waals surface area contributed by atoms with E-state index in [1.807, 2.05) is 18.2 Å². The number of nitrogens with zero attached hydrogens (tertiary/aromatic N) is 9. The first-order chi connectivity index (χ1) is 31.2. The maximum Gasteiger partial charge on any atom is 0.262 e. The van der Waals surface area contributed by atoms with Crippen molar-refractivity contribution in [2.75, 3.05) is 74.0 Å². The second kappa shape index (κ2) is 16.4. The molecule has 1 unspecified atom stereocenters. The van der Waals surface area contributed by atoms with Crippen LogP contribution in [0.4, 0.5) is 17.1 Å². The minimum Gasteiger partial charge on any atom is -0.371 e. The molecule has 4 aromatic rings. The second-order valence-corrected chi connectivity index (χ2v) is 18.6. The molecule has 5 saturated heterocycles. The lowest BCUT2D eigenvalue weighted by Crippen LogP contribution is -2.54. The van der Waals surface area contributed by atoms with Crippen LogP contribution < -0.4 is 20.4 Å². The van der Waals surface area contributed by atoms with Crippen LogP contribution in [0.15, 0.2) is 55.0 Å². The summed E-state index contributed by atoms with van der Waals surface area (Å²) in [6, 6.07) is 10.9. The number of aromatic nitrogens is 3. The van der Waals surface area contributed by atoms with Gasteiger partial charge in [-0.2, -0.15) is 5.10 Å². The zero-order valence-electron chi connectivity index (χ0n) is 35.9. The Morgan fingerprint density at radius 2 is 1.52 bits per heavy atom. The van der Waals surface area contributed by atoms with Gasteiger partial charge >= 0.3 is 0 Å². The summed E-state index contributed by atoms with van der Waals surface area (Å²) in [7, 11) is 0. The molecule has 7 aliphatic rings. The molecular formula is C47H53N11O6. The van der Waals surface area contributed by atoms with Crippen molar-refractivity contribution in [1.29, 1.82) is 0 Å². The van der Waals surface area contributed by atoms with Gasteiger partial charge in [0.2, 0.25) is 11.8 Å². The summed E-state index contributed by atoms with van der Waals surface area (Å²) in [4.78, 5) is 96.1. The fourth-order valence-corrected chi connectivity index (χ4v) is 11.2. The van der Waals surface area contributed by atoms with E-state index in [1.165, 1.54) is 19.5 Å². The van der Waals surface area contributed by atoms with Crippen LogP contribution >= 0.6 is 0 Å². The number of amides is 6. The molecule has 0 bridgehead atoms. The summed E-state index contributed by atoms with van der Waals surface area (Å²) in [6.45, 7) is 9.08. The number of piperidine rings is 4. The van der Waals surface area contributed by atoms with Crippen LogP contribution in [-0.4, -0.2) is 147 Å². The van der Waals surface area contributed by atoms with Crippen molar-refractivity contribution in [3.63, 3.8) is 0 Å². The molecule has 2 N–H and O–H groups in total. The van der Waals surface area contributed by atoms with Crippen molar-refractivity contribution >= 4 is 58.2 Å². The number of anilines is 3. The maximum absolute atomic E-state index is 14.3. The Morgan fingerprint density at radius 3 is 2.27 bits per heavy atom. The van der Waals surface area contributed by atoms with E-state index in [9.17, 15) is 28.8 Å². The molecule has 0 aliphatic carbocycles. The van der Waals surface area contributed by atoms with Gasteiger partial charge in [0.05, 0.1) is 28.7 Å². The highest BCUT2D eigenvalue weighted by molar-refractivity contribution is 6.23. The molecule has 0 saturated carbocycles. The largest absolute Gasteiger partial charge is 0.371 e. The molecule has 1 atom stereocenters. The first-order valence-corrected chi connectivity index (χ1v) is 23.1. The molecule has 17 heteroatoms. The second-order valence-electron chi connectivity index (χ2n) is 18.6. The quantitative estimate of drug-likeness (QED) is 0.235. The molecule has 2 aromatic heterocycles. The Balaban J connectivity index is 0.710. The number of carbonyl (C=O) groups is 6. The van der Waals surface area contributed by atoms with E-state index in [-0.39, 0.29) is 30.7 Å². The van der Waals surface area contributed by atoms with Crippen LogP contribution in [0, 0.1) is 5.92 Å². The molecule has 0 spiro atoms. The van der Waals surface area contributed by atoms with Gasteiger partial charge in [-0.25, -0.2) is 9.50 Å². The zero-order valence-corrected chi connectivity index (χ0v) is 35.9. The predicted molar refractivity (Wildman–Crippen MR) is 236 cm³/mol. The van der Waals surface area contributed by atoms with E-state index < -0.39 is 29.7 Å². The molecule has 6 amide bonds. The normalized spacial score (nSPS) is 22.9. The van der Waals surface area contributed by atoms with Crippen molar-refractivity contribution in [1.82, 2.24) is 39.5 Å². The Hall–Kier alpha value is -6.20. The summed E-state index contributed by atoms with van der Waals surface area (Å²) in [5.41, 5.74) is 5.66. The van der Waals surface area contributed by atoms with Gasteiger partial charge in [0.1, 0.15) is 11.6 Å². The number of carbonyl (C=O) groups excluding carboxylic acids is 6. The summed E-state index contributed by atoms with van der Waals surface area (Å²) in [5, 5.41) is 9.79. The third-order valence-corrected chi connectivity index (χ3v) is 15.0. The monoisotopic (exact) mass is 867 g/mol. The van der Waals surface area contributed by atoms with Gasteiger partial charge < -0.3 is 29.8 Å². The van der Waals surface area contributed by atoms with E-state index in [0.29, 0.717) is 46.5 Å². The van der Waals surface area contributed by atoms with Gasteiger partial charge in [0.15, 0.2) is 5.65 Å². The number of nitrogens with one attached hydrogen (secondary N) is 2. The van der Waals surface area contributed by atoms with Crippen molar-refractivity contribution in [2.24, 2.45) is 5.92 Å². The first kappa shape index (κ1) is 40.6. The van der Waals surface area contributed by atoms with Gasteiger partial charge in [-0.15, -0.1) is 0 Å². The molecule has 11 rings (SSSR count). The fourth-order valence-electron chi connectivity index (χ4n) is 11.2. The molecule has 0 radical (unpaired) electrons. The minimum atomic E-state index is -0.981. The van der Waals surface area contributed by atoms with Crippen molar-refractivity contribution < 1.29 is 28.8 Å². The van der Waals surface area contributed by atoms with Crippen LogP contribution in [0.5, 0.6) is 0 Å². The molecule has 7 aliphatic heterocycles. The number of hydrogen-bond acceptors (Lipinski definition) is 12. The van der Waals surface area contributed by atoms with E-state index in [1.54, 1.807) is 41.3 Å². The van der Waals surface area contributed by atoms with Gasteiger partial charge in [0, 0.05) is 94.5 Å². The lowest BCUT2D eigenvalue weighted by Gasteiger charge is -2.43. The van der Waals surface area contributed by atoms with E-state index in [4.69, 9.17) is 0 Å². The Kier molecular flexibility index (Phi) is 10.4. The number of likely N-dealkylation sites (tertiary alicyclic amines) is 2. The third kappa shape index (κ3) is 7.27. The lowest BCUT2D eigenvalue weighted by atomic mass is 9.94. The van der Waals surface area contributed by atoms with Crippen LogP contribution in [0.3, 0.4) is 0 Å². The summed E-state index contributed by atoms with van der Waals surface area (Å²) < 4.78 is 1.60. The molecule has 17 nitrogen and oxygen atoms in total. The Bertz CT molecular complexity index is 2570. The van der Waals surface area contributed by atoms with Gasteiger partial charge in [-0.1, -0.05) is 0 Å². The third-order valence-electron chi connectivity index (χ3n) is 15.0. The molecule has 5 fully saturated rings. The zero-order chi connectivity index (χ0) is 43.6. The average Bonchev–Trinajstić information content (AvgIpc) is 3.94. The standard InChI is InChI=1S/C47H53N11O6/c59-41-6-5-39(44(61)51-41)58-46(63)34-4-3-33(24-36(34)47(58)64)54-19-7-29(8-20-54)27-52-17-9-32(10-18-52)56-28-30-23-38(50-43(60)37-26-49-57-16-1-13-48-42(37)57)40(25-35(30)45(56)62)55-21-11-31(12-22-55)53-14-2-15-53/h1,3-4,13,16,23-26,29,31-32,39H,2,5-12,14-15,17-22,27-28H2,(H,50,60)(H,51,59,61). The number of rotatable bonds is 9. The van der Waals surface area contributed by atoms with Crippen LogP contribution in [0.25, 0.3) is 5.65 Å². The number of fused-ring (bicyclic) bond motifs is 3. The van der Waals surface area contributed by atoms with Crippen LogP contribution in [0.1, 0.15) is 105 Å². The average molecular weight is 868 g/mol. The Labute approximate surface area is 370 Å². The topological polar surface area (TPSA) is 176 Å². The highest BCUT2D eigenvalue weighted by Gasteiger charge is 2.45. The first-order valence-electron chi connectivity index (χ1n) is 23.1. The minimum absolute atomic E-state index is 0.0727. The van der Waals surface area contributed by atoms with Crippen LogP contribution in [0.2, 0.25) is 0 Å². The Morgan fingerprint density at radius 1 is 0.766 bits per heavy atom. The van der Waals surface area contributed by atoms with Crippen molar-refractivity contribution in [3.05, 3.63) is 82.8 Å². The maximum atomic E-state index is 14.3. The van der Waals surface area contributed by atoms with Crippen molar-refractivity contribution in [3.8, 4) is 0 Å². The molecule has 64 heavy (non-hydrogen) atoms. The summed E-state index contributed by atoms with van der Waals surface area (Å²) >= 11 is 0.